The Morgan fingerprint density at radius 1 is 0.952 bits per heavy atom. The van der Waals surface area contributed by atoms with Gasteiger partial charge in [0, 0.05) is 30.6 Å². The summed E-state index contributed by atoms with van der Waals surface area (Å²) in [5.41, 5.74) is 9.66. The van der Waals surface area contributed by atoms with Crippen LogP contribution in [0.3, 0.4) is 0 Å². The first kappa shape index (κ1) is 28.7. The molecule has 2 aromatic carbocycles. The summed E-state index contributed by atoms with van der Waals surface area (Å²) in [7, 11) is 2.05. The molecule has 1 aliphatic heterocycles. The molecule has 3 aromatic heterocycles. The molecule has 1 atom stereocenters. The molecule has 42 heavy (non-hydrogen) atoms. The highest BCUT2D eigenvalue weighted by molar-refractivity contribution is 5.84. The van der Waals surface area contributed by atoms with Gasteiger partial charge in [-0.25, -0.2) is 24.7 Å². The molecule has 1 aliphatic rings. The van der Waals surface area contributed by atoms with E-state index in [4.69, 9.17) is 15.2 Å². The zero-order valence-corrected chi connectivity index (χ0v) is 24.6. The van der Waals surface area contributed by atoms with Crippen molar-refractivity contribution in [2.24, 2.45) is 0 Å². The standard InChI is InChI=1S/C29H30N8O3.C2H6/c1-18-10-24(39-16-20-13-31-19(2)32-14-20)12-25(11-18)40-23-6-4-21(5-7-23)36-26-27(30)33-17-34-28(26)37(29(36)38)22-8-9-35(3)15-22;1-2/h4-7,10-14,17,22H,8-9,15-16H2,1-3H3,(H2,30,33,34);1-2H3/t22-;/m1./s1. The van der Waals surface area contributed by atoms with Gasteiger partial charge in [-0.15, -0.1) is 0 Å². The van der Waals surface area contributed by atoms with Gasteiger partial charge in [-0.05, 0) is 75.8 Å². The number of fused-ring (bicyclic) bond motifs is 1. The molecule has 0 aliphatic carbocycles. The van der Waals surface area contributed by atoms with Crippen LogP contribution in [0, 0.1) is 13.8 Å². The number of imidazole rings is 1. The van der Waals surface area contributed by atoms with Crippen molar-refractivity contribution in [2.45, 2.75) is 46.8 Å². The van der Waals surface area contributed by atoms with E-state index >= 15 is 0 Å². The lowest BCUT2D eigenvalue weighted by atomic mass is 10.2. The number of nitrogens with zero attached hydrogens (tertiary/aromatic N) is 7. The van der Waals surface area contributed by atoms with Gasteiger partial charge in [0.15, 0.2) is 11.5 Å². The van der Waals surface area contributed by atoms with Crippen molar-refractivity contribution in [3.8, 4) is 22.9 Å². The quantitative estimate of drug-likeness (QED) is 0.293. The number of nitrogen functional groups attached to an aromatic ring is 1. The Labute approximate surface area is 244 Å². The number of nitrogens with two attached hydrogens (primary N) is 1. The number of aromatic nitrogens is 6. The molecule has 0 spiro atoms. The third kappa shape index (κ3) is 5.96. The third-order valence-corrected chi connectivity index (χ3v) is 7.01. The number of likely N-dealkylation sites (tertiary alicyclic amines) is 1. The third-order valence-electron chi connectivity index (χ3n) is 7.01. The number of benzene rings is 2. The number of likely N-dealkylation sites (N-methyl/N-ethyl adjacent to an activating group) is 1. The number of anilines is 1. The van der Waals surface area contributed by atoms with Crippen molar-refractivity contribution in [2.75, 3.05) is 25.9 Å². The zero-order chi connectivity index (χ0) is 29.8. The minimum Gasteiger partial charge on any atom is -0.489 e. The molecule has 6 rings (SSSR count). The highest BCUT2D eigenvalue weighted by Crippen LogP contribution is 2.30. The molecule has 5 aromatic rings. The SMILES string of the molecule is CC.Cc1cc(OCc2cnc(C)nc2)cc(Oc2ccc(-n3c(=O)n([C@@H]4CCN(C)C4)c4ncnc(N)c43)cc2)c1. The number of ether oxygens (including phenoxy) is 2. The monoisotopic (exact) mass is 568 g/mol. The first-order valence-electron chi connectivity index (χ1n) is 14.1. The lowest BCUT2D eigenvalue weighted by molar-refractivity contribution is 0.303. The topological polar surface area (TPSA) is 126 Å². The van der Waals surface area contributed by atoms with Crippen LogP contribution in [0.5, 0.6) is 17.2 Å². The van der Waals surface area contributed by atoms with E-state index in [9.17, 15) is 4.79 Å². The summed E-state index contributed by atoms with van der Waals surface area (Å²) >= 11 is 0. The number of hydrogen-bond donors (Lipinski definition) is 1. The highest BCUT2D eigenvalue weighted by Gasteiger charge is 2.28. The molecule has 11 nitrogen and oxygen atoms in total. The Morgan fingerprint density at radius 3 is 2.36 bits per heavy atom. The van der Waals surface area contributed by atoms with Crippen LogP contribution in [0.1, 0.15) is 43.3 Å². The number of hydrogen-bond acceptors (Lipinski definition) is 9. The Bertz CT molecular complexity index is 1730. The average molecular weight is 569 g/mol. The van der Waals surface area contributed by atoms with Crippen LogP contribution in [0.25, 0.3) is 16.9 Å². The van der Waals surface area contributed by atoms with E-state index in [-0.39, 0.29) is 17.5 Å². The smallest absolute Gasteiger partial charge is 0.335 e. The summed E-state index contributed by atoms with van der Waals surface area (Å²) in [6.07, 6.45) is 5.78. The van der Waals surface area contributed by atoms with Crippen LogP contribution in [-0.4, -0.2) is 54.1 Å². The molecule has 0 bridgehead atoms. The van der Waals surface area contributed by atoms with Crippen molar-refractivity contribution < 1.29 is 9.47 Å². The van der Waals surface area contributed by atoms with Gasteiger partial charge in [-0.2, -0.15) is 0 Å². The Morgan fingerprint density at radius 2 is 1.67 bits per heavy atom. The van der Waals surface area contributed by atoms with E-state index in [1.807, 2.05) is 70.2 Å². The largest absolute Gasteiger partial charge is 0.489 e. The van der Waals surface area contributed by atoms with Crippen LogP contribution in [0.15, 0.2) is 66.0 Å². The van der Waals surface area contributed by atoms with Crippen LogP contribution in [0.4, 0.5) is 5.82 Å². The van der Waals surface area contributed by atoms with Crippen molar-refractivity contribution in [3.63, 3.8) is 0 Å². The molecule has 2 N–H and O–H groups in total. The van der Waals surface area contributed by atoms with Crippen molar-refractivity contribution in [1.82, 2.24) is 34.0 Å². The normalized spacial score (nSPS) is 14.9. The van der Waals surface area contributed by atoms with Gasteiger partial charge in [0.05, 0.1) is 11.7 Å². The van der Waals surface area contributed by atoms with E-state index in [2.05, 4.69) is 31.9 Å². The van der Waals surface area contributed by atoms with Gasteiger partial charge in [0.2, 0.25) is 0 Å². The van der Waals surface area contributed by atoms with Crippen LogP contribution in [-0.2, 0) is 6.61 Å². The second-order valence-electron chi connectivity index (χ2n) is 10.1. The van der Waals surface area contributed by atoms with E-state index < -0.39 is 0 Å². The van der Waals surface area contributed by atoms with E-state index in [1.165, 1.54) is 6.33 Å². The Kier molecular flexibility index (Phi) is 8.48. The van der Waals surface area contributed by atoms with Gasteiger partial charge >= 0.3 is 5.69 Å². The van der Waals surface area contributed by atoms with E-state index in [0.717, 1.165) is 36.5 Å². The molecule has 1 fully saturated rings. The summed E-state index contributed by atoms with van der Waals surface area (Å²) in [5.74, 6) is 2.91. The Balaban J connectivity index is 0.00000173. The molecular formula is C31H36N8O3. The summed E-state index contributed by atoms with van der Waals surface area (Å²) in [5, 5.41) is 0. The lowest BCUT2D eigenvalue weighted by Gasteiger charge is -2.12. The van der Waals surface area contributed by atoms with Crippen molar-refractivity contribution >= 4 is 17.0 Å². The second kappa shape index (κ2) is 12.4. The molecular weight excluding hydrogens is 532 g/mol. The van der Waals surface area contributed by atoms with Crippen LogP contribution in [0.2, 0.25) is 0 Å². The molecule has 0 radical (unpaired) electrons. The number of aryl methyl sites for hydroxylation is 2. The van der Waals surface area contributed by atoms with Gasteiger partial charge in [-0.1, -0.05) is 13.8 Å². The molecule has 1 saturated heterocycles. The van der Waals surface area contributed by atoms with Gasteiger partial charge in [-0.3, -0.25) is 9.13 Å². The fourth-order valence-corrected chi connectivity index (χ4v) is 5.07. The first-order valence-corrected chi connectivity index (χ1v) is 14.1. The van der Waals surface area contributed by atoms with Crippen molar-refractivity contribution in [3.05, 3.63) is 88.6 Å². The summed E-state index contributed by atoms with van der Waals surface area (Å²) in [6, 6.07) is 13.0. The molecule has 218 valence electrons. The van der Waals surface area contributed by atoms with Crippen LogP contribution >= 0.6 is 0 Å². The maximum atomic E-state index is 13.7. The highest BCUT2D eigenvalue weighted by atomic mass is 16.5. The van der Waals surface area contributed by atoms with Crippen LogP contribution < -0.4 is 20.9 Å². The average Bonchev–Trinajstić information content (AvgIpc) is 3.54. The Hall–Kier alpha value is -4.77. The second-order valence-corrected chi connectivity index (χ2v) is 10.1. The lowest BCUT2D eigenvalue weighted by Crippen LogP contribution is -2.28. The van der Waals surface area contributed by atoms with E-state index in [1.54, 1.807) is 21.5 Å². The maximum absolute atomic E-state index is 13.7. The van der Waals surface area contributed by atoms with Crippen molar-refractivity contribution in [1.29, 1.82) is 0 Å². The van der Waals surface area contributed by atoms with Gasteiger partial charge in [0.25, 0.3) is 0 Å². The minimum absolute atomic E-state index is 0.0226. The minimum atomic E-state index is -0.185. The zero-order valence-electron chi connectivity index (χ0n) is 24.6. The number of rotatable bonds is 7. The molecule has 0 amide bonds. The maximum Gasteiger partial charge on any atom is 0.335 e. The van der Waals surface area contributed by atoms with Gasteiger partial charge < -0.3 is 20.1 Å². The van der Waals surface area contributed by atoms with Gasteiger partial charge in [0.1, 0.15) is 41.5 Å². The molecule has 4 heterocycles. The fraction of sp³-hybridized carbons (Fsp3) is 0.323. The first-order chi connectivity index (χ1) is 20.4. The molecule has 11 heteroatoms. The summed E-state index contributed by atoms with van der Waals surface area (Å²) < 4.78 is 15.4. The van der Waals surface area contributed by atoms with E-state index in [0.29, 0.717) is 40.7 Å². The predicted octanol–water partition coefficient (Wildman–Crippen LogP) is 4.85. The summed E-state index contributed by atoms with van der Waals surface area (Å²) in [6.45, 7) is 9.87. The fourth-order valence-electron chi connectivity index (χ4n) is 5.07. The molecule has 0 saturated carbocycles. The molecule has 0 unspecified atom stereocenters. The predicted molar refractivity (Wildman–Crippen MR) is 162 cm³/mol. The summed E-state index contributed by atoms with van der Waals surface area (Å²) in [4.78, 5) is 32.9.